The third-order valence-corrected chi connectivity index (χ3v) is 5.66. The maximum atomic E-state index is 14.0. The summed E-state index contributed by atoms with van der Waals surface area (Å²) in [6.07, 6.45) is 2.52. The highest BCUT2D eigenvalue weighted by atomic mass is 19.1. The van der Waals surface area contributed by atoms with Gasteiger partial charge in [0.1, 0.15) is 11.4 Å². The molecule has 0 bridgehead atoms. The van der Waals surface area contributed by atoms with E-state index in [0.29, 0.717) is 31.6 Å². The molecule has 1 N–H and O–H groups in total. The summed E-state index contributed by atoms with van der Waals surface area (Å²) in [6, 6.07) is 11.5. The molecule has 1 unspecified atom stereocenters. The number of nitrogens with zero attached hydrogens (tertiary/aromatic N) is 3. The quantitative estimate of drug-likeness (QED) is 0.881. The van der Waals surface area contributed by atoms with Gasteiger partial charge in [0.05, 0.1) is 17.3 Å². The predicted octanol–water partition coefficient (Wildman–Crippen LogP) is 2.08. The zero-order valence-corrected chi connectivity index (χ0v) is 15.4. The predicted molar refractivity (Wildman–Crippen MR) is 101 cm³/mol. The van der Waals surface area contributed by atoms with Gasteiger partial charge in [-0.25, -0.2) is 4.39 Å². The van der Waals surface area contributed by atoms with Crippen LogP contribution in [-0.4, -0.2) is 46.4 Å². The Kier molecular flexibility index (Phi) is 4.85. The molecule has 6 nitrogen and oxygen atoms in total. The van der Waals surface area contributed by atoms with Gasteiger partial charge in [-0.15, -0.1) is 0 Å². The maximum absolute atomic E-state index is 14.0. The summed E-state index contributed by atoms with van der Waals surface area (Å²) in [5.74, 6) is -1.32. The lowest BCUT2D eigenvalue weighted by molar-refractivity contribution is -0.140. The molecule has 2 fully saturated rings. The minimum Gasteiger partial charge on any atom is -0.383 e. The van der Waals surface area contributed by atoms with Crippen LogP contribution in [0.1, 0.15) is 25.0 Å². The zero-order chi connectivity index (χ0) is 19.7. The number of likely N-dealkylation sites (tertiary alicyclic amines) is 1. The first kappa shape index (κ1) is 18.6. The Hall–Kier alpha value is -2.80. The molecule has 3 heterocycles. The molecule has 1 aromatic heterocycles. The van der Waals surface area contributed by atoms with Gasteiger partial charge in [0.15, 0.2) is 0 Å². The summed E-state index contributed by atoms with van der Waals surface area (Å²) in [5.41, 5.74) is -0.210. The molecular weight excluding hydrogens is 361 g/mol. The topological polar surface area (TPSA) is 73.7 Å². The number of pyridine rings is 1. The van der Waals surface area contributed by atoms with Crippen molar-refractivity contribution >= 4 is 17.5 Å². The van der Waals surface area contributed by atoms with Crippen molar-refractivity contribution in [3.8, 4) is 0 Å². The van der Waals surface area contributed by atoms with E-state index in [0.717, 1.165) is 0 Å². The molecule has 2 aliphatic heterocycles. The van der Waals surface area contributed by atoms with Crippen molar-refractivity contribution in [3.63, 3.8) is 0 Å². The number of aliphatic hydroxyl groups is 1. The monoisotopic (exact) mass is 383 g/mol. The number of hydrogen-bond acceptors (Lipinski definition) is 4. The van der Waals surface area contributed by atoms with Crippen molar-refractivity contribution < 1.29 is 19.1 Å². The summed E-state index contributed by atoms with van der Waals surface area (Å²) in [7, 11) is 0. The van der Waals surface area contributed by atoms with Crippen LogP contribution in [0.5, 0.6) is 0 Å². The van der Waals surface area contributed by atoms with Crippen molar-refractivity contribution in [3.05, 3.63) is 60.2 Å². The molecule has 2 aromatic rings. The van der Waals surface area contributed by atoms with E-state index in [-0.39, 0.29) is 30.5 Å². The van der Waals surface area contributed by atoms with Gasteiger partial charge in [-0.05, 0) is 37.1 Å². The van der Waals surface area contributed by atoms with E-state index in [2.05, 4.69) is 4.98 Å². The number of para-hydroxylation sites is 1. The Bertz CT molecular complexity index is 881. The van der Waals surface area contributed by atoms with Gasteiger partial charge in [-0.3, -0.25) is 14.6 Å². The van der Waals surface area contributed by atoms with E-state index in [1.165, 1.54) is 11.0 Å². The molecule has 28 heavy (non-hydrogen) atoms. The number of rotatable bonds is 3. The number of halogens is 1. The van der Waals surface area contributed by atoms with Gasteiger partial charge >= 0.3 is 0 Å². The number of piperidine rings is 1. The lowest BCUT2D eigenvalue weighted by Crippen LogP contribution is -2.47. The summed E-state index contributed by atoms with van der Waals surface area (Å²) in [4.78, 5) is 32.6. The zero-order valence-electron chi connectivity index (χ0n) is 15.4. The van der Waals surface area contributed by atoms with Crippen LogP contribution in [0.2, 0.25) is 0 Å². The first-order valence-electron chi connectivity index (χ1n) is 9.45. The fraction of sp³-hybridized carbons (Fsp3) is 0.381. The standard InChI is InChI=1S/C21H22FN3O3/c22-16-5-1-2-6-17(16)25-14-15(13-19(25)26)20(27)24-11-8-21(28,9-12-24)18-7-3-4-10-23-18/h1-7,10,15,28H,8-9,11-14H2. The van der Waals surface area contributed by atoms with Gasteiger partial charge in [0, 0.05) is 32.3 Å². The number of carbonyl (C=O) groups excluding carboxylic acids is 2. The molecule has 2 aliphatic rings. The SMILES string of the molecule is O=C(C1CC(=O)N(c2ccccc2F)C1)N1CCC(O)(c2ccccn2)CC1. The van der Waals surface area contributed by atoms with E-state index < -0.39 is 17.3 Å². The highest BCUT2D eigenvalue weighted by Gasteiger charge is 2.41. The van der Waals surface area contributed by atoms with Gasteiger partial charge in [0.25, 0.3) is 0 Å². The number of anilines is 1. The second-order valence-corrected chi connectivity index (χ2v) is 7.43. The minimum atomic E-state index is -1.04. The Morgan fingerprint density at radius 3 is 2.54 bits per heavy atom. The minimum absolute atomic E-state index is 0.0776. The molecule has 1 atom stereocenters. The Morgan fingerprint density at radius 1 is 1.14 bits per heavy atom. The third kappa shape index (κ3) is 3.38. The van der Waals surface area contributed by atoms with Gasteiger partial charge < -0.3 is 14.9 Å². The van der Waals surface area contributed by atoms with E-state index >= 15 is 0 Å². The molecule has 7 heteroatoms. The molecule has 2 amide bonds. The Balaban J connectivity index is 1.41. The second kappa shape index (κ2) is 7.31. The van der Waals surface area contributed by atoms with Crippen molar-refractivity contribution in [2.45, 2.75) is 24.9 Å². The second-order valence-electron chi connectivity index (χ2n) is 7.43. The van der Waals surface area contributed by atoms with Crippen LogP contribution in [0.15, 0.2) is 48.7 Å². The molecule has 0 radical (unpaired) electrons. The first-order valence-corrected chi connectivity index (χ1v) is 9.45. The molecule has 4 rings (SSSR count). The van der Waals surface area contributed by atoms with E-state index in [4.69, 9.17) is 0 Å². The fourth-order valence-electron chi connectivity index (χ4n) is 4.03. The van der Waals surface area contributed by atoms with Crippen LogP contribution in [0, 0.1) is 11.7 Å². The van der Waals surface area contributed by atoms with Crippen LogP contribution in [0.4, 0.5) is 10.1 Å². The largest absolute Gasteiger partial charge is 0.383 e. The average molecular weight is 383 g/mol. The smallest absolute Gasteiger partial charge is 0.228 e. The number of aromatic nitrogens is 1. The van der Waals surface area contributed by atoms with Crippen LogP contribution in [-0.2, 0) is 15.2 Å². The molecule has 0 aliphatic carbocycles. The summed E-state index contributed by atoms with van der Waals surface area (Å²) >= 11 is 0. The van der Waals surface area contributed by atoms with Crippen molar-refractivity contribution in [1.82, 2.24) is 9.88 Å². The Labute approximate surface area is 162 Å². The average Bonchev–Trinajstić information content (AvgIpc) is 3.10. The normalized spacial score (nSPS) is 21.8. The van der Waals surface area contributed by atoms with Gasteiger partial charge in [-0.2, -0.15) is 0 Å². The summed E-state index contributed by atoms with van der Waals surface area (Å²) in [6.45, 7) is 0.978. The highest BCUT2D eigenvalue weighted by Crippen LogP contribution is 2.33. The molecule has 0 spiro atoms. The Morgan fingerprint density at radius 2 is 1.86 bits per heavy atom. The molecule has 146 valence electrons. The van der Waals surface area contributed by atoms with Crippen molar-refractivity contribution in [1.29, 1.82) is 0 Å². The number of hydrogen-bond donors (Lipinski definition) is 1. The molecule has 2 saturated heterocycles. The fourth-order valence-corrected chi connectivity index (χ4v) is 4.03. The van der Waals surface area contributed by atoms with Crippen molar-refractivity contribution in [2.24, 2.45) is 5.92 Å². The van der Waals surface area contributed by atoms with Crippen LogP contribution < -0.4 is 4.90 Å². The van der Waals surface area contributed by atoms with E-state index in [1.54, 1.807) is 41.4 Å². The molecule has 0 saturated carbocycles. The molecule has 1 aromatic carbocycles. The van der Waals surface area contributed by atoms with E-state index in [9.17, 15) is 19.1 Å². The third-order valence-electron chi connectivity index (χ3n) is 5.66. The summed E-state index contributed by atoms with van der Waals surface area (Å²) < 4.78 is 14.0. The van der Waals surface area contributed by atoms with Gasteiger partial charge in [-0.1, -0.05) is 18.2 Å². The summed E-state index contributed by atoms with van der Waals surface area (Å²) in [5, 5.41) is 10.9. The maximum Gasteiger partial charge on any atom is 0.228 e. The molecular formula is C21H22FN3O3. The van der Waals surface area contributed by atoms with Crippen LogP contribution in [0.3, 0.4) is 0 Å². The lowest BCUT2D eigenvalue weighted by atomic mass is 9.87. The van der Waals surface area contributed by atoms with Crippen LogP contribution >= 0.6 is 0 Å². The van der Waals surface area contributed by atoms with Crippen LogP contribution in [0.25, 0.3) is 0 Å². The first-order chi connectivity index (χ1) is 13.5. The lowest BCUT2D eigenvalue weighted by Gasteiger charge is -2.38. The highest BCUT2D eigenvalue weighted by molar-refractivity contribution is 6.00. The number of amides is 2. The number of carbonyl (C=O) groups is 2. The van der Waals surface area contributed by atoms with Gasteiger partial charge in [0.2, 0.25) is 11.8 Å². The number of benzene rings is 1. The van der Waals surface area contributed by atoms with Crippen molar-refractivity contribution in [2.75, 3.05) is 24.5 Å². The van der Waals surface area contributed by atoms with E-state index in [1.807, 2.05) is 6.07 Å².